The highest BCUT2D eigenvalue weighted by atomic mass is 16.4. The second-order valence-electron chi connectivity index (χ2n) is 6.27. The average Bonchev–Trinajstić information content (AvgIpc) is 3.25. The predicted octanol–water partition coefficient (Wildman–Crippen LogP) is 2.89. The van der Waals surface area contributed by atoms with Crippen LogP contribution >= 0.6 is 0 Å². The molecular weight excluding hydrogens is 250 g/mol. The van der Waals surface area contributed by atoms with Gasteiger partial charge < -0.3 is 16.3 Å². The van der Waals surface area contributed by atoms with Crippen LogP contribution < -0.4 is 11.1 Å². The number of aryl methyl sites for hydroxylation is 1. The molecule has 0 saturated heterocycles. The van der Waals surface area contributed by atoms with Gasteiger partial charge in [0.2, 0.25) is 0 Å². The van der Waals surface area contributed by atoms with Crippen LogP contribution in [0.3, 0.4) is 0 Å². The van der Waals surface area contributed by atoms with Gasteiger partial charge in [-0.2, -0.15) is 0 Å². The van der Waals surface area contributed by atoms with Crippen molar-refractivity contribution in [1.29, 1.82) is 0 Å². The van der Waals surface area contributed by atoms with Gasteiger partial charge in [0.05, 0.1) is 0 Å². The molecule has 0 spiro atoms. The number of fused-ring (bicyclic) bond motifs is 1. The Bertz CT molecular complexity index is 520. The lowest BCUT2D eigenvalue weighted by atomic mass is 9.90. The molecular formula is C16H23N3O. The predicted molar refractivity (Wildman–Crippen MR) is 81.3 cm³/mol. The zero-order chi connectivity index (χ0) is 14.0. The average molecular weight is 273 g/mol. The summed E-state index contributed by atoms with van der Waals surface area (Å²) >= 11 is 0. The van der Waals surface area contributed by atoms with Gasteiger partial charge in [-0.05, 0) is 61.1 Å². The van der Waals surface area contributed by atoms with Crippen LogP contribution in [-0.2, 0) is 12.8 Å². The lowest BCUT2D eigenvalue weighted by Gasteiger charge is -2.22. The van der Waals surface area contributed by atoms with Crippen LogP contribution in [0.5, 0.6) is 0 Å². The van der Waals surface area contributed by atoms with E-state index in [2.05, 4.69) is 28.7 Å². The number of benzene rings is 1. The van der Waals surface area contributed by atoms with E-state index in [-0.39, 0.29) is 5.41 Å². The molecule has 4 nitrogen and oxygen atoms in total. The lowest BCUT2D eigenvalue weighted by Crippen LogP contribution is -2.24. The first-order chi connectivity index (χ1) is 9.72. The molecule has 0 aliphatic heterocycles. The second-order valence-corrected chi connectivity index (χ2v) is 6.27. The van der Waals surface area contributed by atoms with E-state index in [1.165, 1.54) is 42.5 Å². The van der Waals surface area contributed by atoms with Gasteiger partial charge in [-0.1, -0.05) is 17.3 Å². The maximum absolute atomic E-state index is 8.71. The van der Waals surface area contributed by atoms with Gasteiger partial charge in [0.25, 0.3) is 0 Å². The van der Waals surface area contributed by atoms with E-state index in [0.29, 0.717) is 12.3 Å². The molecule has 0 unspecified atom stereocenters. The Morgan fingerprint density at radius 1 is 1.30 bits per heavy atom. The van der Waals surface area contributed by atoms with Crippen molar-refractivity contribution in [3.63, 3.8) is 0 Å². The molecule has 1 aromatic rings. The van der Waals surface area contributed by atoms with Crippen molar-refractivity contribution in [3.8, 4) is 0 Å². The number of anilines is 1. The van der Waals surface area contributed by atoms with Gasteiger partial charge in [0.1, 0.15) is 5.84 Å². The molecule has 0 heterocycles. The molecule has 108 valence electrons. The zero-order valence-corrected chi connectivity index (χ0v) is 11.9. The van der Waals surface area contributed by atoms with Crippen molar-refractivity contribution in [1.82, 2.24) is 0 Å². The molecule has 0 radical (unpaired) electrons. The molecule has 1 saturated carbocycles. The Morgan fingerprint density at radius 3 is 2.85 bits per heavy atom. The van der Waals surface area contributed by atoms with Crippen LogP contribution in [0, 0.1) is 5.41 Å². The number of nitrogens with zero attached hydrogens (tertiary/aromatic N) is 1. The summed E-state index contributed by atoms with van der Waals surface area (Å²) in [7, 11) is 0. The van der Waals surface area contributed by atoms with Gasteiger partial charge in [-0.25, -0.2) is 0 Å². The van der Waals surface area contributed by atoms with Gasteiger partial charge in [-0.3, -0.25) is 0 Å². The first-order valence-corrected chi connectivity index (χ1v) is 7.53. The third kappa shape index (κ3) is 2.74. The number of amidine groups is 1. The van der Waals surface area contributed by atoms with Crippen LogP contribution in [0.25, 0.3) is 0 Å². The molecule has 0 amide bonds. The fraction of sp³-hybridized carbons (Fsp3) is 0.562. The number of nitrogens with two attached hydrogens (primary N) is 1. The van der Waals surface area contributed by atoms with Crippen LogP contribution in [0.4, 0.5) is 5.69 Å². The Labute approximate surface area is 120 Å². The number of nitrogens with one attached hydrogen (secondary N) is 1. The summed E-state index contributed by atoms with van der Waals surface area (Å²) in [5.41, 5.74) is 10.1. The van der Waals surface area contributed by atoms with Gasteiger partial charge in [0, 0.05) is 18.7 Å². The van der Waals surface area contributed by atoms with Gasteiger partial charge in [-0.15, -0.1) is 0 Å². The first-order valence-electron chi connectivity index (χ1n) is 7.53. The molecule has 4 heteroatoms. The fourth-order valence-corrected chi connectivity index (χ4v) is 3.24. The van der Waals surface area contributed by atoms with Crippen molar-refractivity contribution < 1.29 is 5.21 Å². The molecule has 0 atom stereocenters. The normalized spacial score (nSPS) is 20.3. The van der Waals surface area contributed by atoms with Crippen LogP contribution in [0.2, 0.25) is 0 Å². The first kappa shape index (κ1) is 13.3. The molecule has 2 aliphatic rings. The Hall–Kier alpha value is -1.71. The van der Waals surface area contributed by atoms with E-state index in [9.17, 15) is 0 Å². The Morgan fingerprint density at radius 2 is 2.10 bits per heavy atom. The molecule has 3 rings (SSSR count). The maximum atomic E-state index is 8.71. The molecule has 0 bridgehead atoms. The Balaban J connectivity index is 1.67. The van der Waals surface area contributed by atoms with E-state index in [0.717, 1.165) is 19.4 Å². The van der Waals surface area contributed by atoms with E-state index in [1.807, 2.05) is 0 Å². The summed E-state index contributed by atoms with van der Waals surface area (Å²) < 4.78 is 0. The van der Waals surface area contributed by atoms with Crippen LogP contribution in [-0.4, -0.2) is 17.6 Å². The van der Waals surface area contributed by atoms with E-state index >= 15 is 0 Å². The summed E-state index contributed by atoms with van der Waals surface area (Å²) in [6.45, 7) is 0.916. The zero-order valence-electron chi connectivity index (χ0n) is 11.9. The maximum Gasteiger partial charge on any atom is 0.139 e. The largest absolute Gasteiger partial charge is 0.409 e. The highest BCUT2D eigenvalue weighted by Gasteiger charge is 2.43. The van der Waals surface area contributed by atoms with Crippen molar-refractivity contribution >= 4 is 11.5 Å². The topological polar surface area (TPSA) is 70.6 Å². The Kier molecular flexibility index (Phi) is 3.55. The van der Waals surface area contributed by atoms with Gasteiger partial charge >= 0.3 is 0 Å². The number of oxime groups is 1. The molecule has 2 aliphatic carbocycles. The summed E-state index contributed by atoms with van der Waals surface area (Å²) in [6.07, 6.45) is 8.00. The highest BCUT2D eigenvalue weighted by Crippen LogP contribution is 2.49. The summed E-state index contributed by atoms with van der Waals surface area (Å²) in [5, 5.41) is 15.4. The SMILES string of the molecule is NC(CC1(CNc2cccc3c2CCCC3)CC1)=NO. The molecule has 1 aromatic carbocycles. The van der Waals surface area contributed by atoms with Crippen molar-refractivity contribution in [2.45, 2.75) is 44.9 Å². The lowest BCUT2D eigenvalue weighted by molar-refractivity contribution is 0.315. The summed E-state index contributed by atoms with van der Waals surface area (Å²) in [4.78, 5) is 0. The van der Waals surface area contributed by atoms with Gasteiger partial charge in [0.15, 0.2) is 0 Å². The van der Waals surface area contributed by atoms with E-state index < -0.39 is 0 Å². The quantitative estimate of drug-likeness (QED) is 0.334. The number of hydrogen-bond donors (Lipinski definition) is 3. The molecule has 1 fully saturated rings. The summed E-state index contributed by atoms with van der Waals surface area (Å²) in [5.74, 6) is 0.347. The number of hydrogen-bond acceptors (Lipinski definition) is 3. The third-order valence-electron chi connectivity index (χ3n) is 4.69. The molecule has 20 heavy (non-hydrogen) atoms. The second kappa shape index (κ2) is 5.35. The van der Waals surface area contributed by atoms with Crippen molar-refractivity contribution in [3.05, 3.63) is 29.3 Å². The molecule has 0 aromatic heterocycles. The fourth-order valence-electron chi connectivity index (χ4n) is 3.24. The minimum absolute atomic E-state index is 0.202. The van der Waals surface area contributed by atoms with Crippen molar-refractivity contribution in [2.24, 2.45) is 16.3 Å². The third-order valence-corrected chi connectivity index (χ3v) is 4.69. The highest BCUT2D eigenvalue weighted by molar-refractivity contribution is 5.80. The van der Waals surface area contributed by atoms with E-state index in [1.54, 1.807) is 0 Å². The monoisotopic (exact) mass is 273 g/mol. The minimum atomic E-state index is 0.202. The smallest absolute Gasteiger partial charge is 0.139 e. The standard InChI is InChI=1S/C16H23N3O/c17-15(19-20)10-16(8-9-16)11-18-14-7-3-5-12-4-1-2-6-13(12)14/h3,5,7,18,20H,1-2,4,6,8-11H2,(H2,17,19). The van der Waals surface area contributed by atoms with Crippen LogP contribution in [0.15, 0.2) is 23.4 Å². The number of rotatable bonds is 5. The van der Waals surface area contributed by atoms with Crippen molar-refractivity contribution in [2.75, 3.05) is 11.9 Å². The minimum Gasteiger partial charge on any atom is -0.409 e. The van der Waals surface area contributed by atoms with Crippen LogP contribution in [0.1, 0.15) is 43.2 Å². The molecule has 4 N–H and O–H groups in total. The van der Waals surface area contributed by atoms with E-state index in [4.69, 9.17) is 10.9 Å². The summed E-state index contributed by atoms with van der Waals surface area (Å²) in [6, 6.07) is 6.59.